The molecule has 2 aromatic rings. The highest BCUT2D eigenvalue weighted by molar-refractivity contribution is 7.80. The minimum absolute atomic E-state index is 0.668. The summed E-state index contributed by atoms with van der Waals surface area (Å²) >= 11 is 4.43. The fourth-order valence-electron chi connectivity index (χ4n) is 2.00. The van der Waals surface area contributed by atoms with Crippen molar-refractivity contribution in [3.8, 4) is 0 Å². The highest BCUT2D eigenvalue weighted by atomic mass is 32.1. The maximum Gasteiger partial charge on any atom is 0.0456 e. The summed E-state index contributed by atoms with van der Waals surface area (Å²) in [4.78, 5) is 0.770. The number of anilines is 1. The van der Waals surface area contributed by atoms with Gasteiger partial charge in [0.1, 0.15) is 0 Å². The van der Waals surface area contributed by atoms with E-state index in [9.17, 15) is 0 Å². The fourth-order valence-corrected chi connectivity index (χ4v) is 2.29. The molecule has 0 aliphatic rings. The largest absolute Gasteiger partial charge is 0.398 e. The average Bonchev–Trinajstić information content (AvgIpc) is 2.48. The summed E-state index contributed by atoms with van der Waals surface area (Å²) in [5.41, 5.74) is 10.9. The van der Waals surface area contributed by atoms with E-state index >= 15 is 0 Å². The van der Waals surface area contributed by atoms with Gasteiger partial charge >= 0.3 is 0 Å². The number of nitrogen functional groups attached to an aromatic ring is 1. The van der Waals surface area contributed by atoms with E-state index < -0.39 is 0 Å². The molecule has 0 aromatic heterocycles. The minimum Gasteiger partial charge on any atom is -0.398 e. The molecular weight excluding hydrogens is 264 g/mol. The molecule has 2 aromatic carbocycles. The van der Waals surface area contributed by atoms with Gasteiger partial charge < -0.3 is 11.1 Å². The van der Waals surface area contributed by atoms with Crippen molar-refractivity contribution in [1.29, 1.82) is 0 Å². The van der Waals surface area contributed by atoms with E-state index in [-0.39, 0.29) is 0 Å². The van der Waals surface area contributed by atoms with Crippen molar-refractivity contribution >= 4 is 24.0 Å². The summed E-state index contributed by atoms with van der Waals surface area (Å²) in [6.45, 7) is 6.96. The van der Waals surface area contributed by atoms with Crippen molar-refractivity contribution < 1.29 is 0 Å². The van der Waals surface area contributed by atoms with Crippen LogP contribution in [0.4, 0.5) is 5.69 Å². The Kier molecular flexibility index (Phi) is 4.74. The Morgan fingerprint density at radius 3 is 2.45 bits per heavy atom. The molecule has 0 saturated heterocycles. The lowest BCUT2D eigenvalue weighted by molar-refractivity contribution is 0.887. The van der Waals surface area contributed by atoms with Gasteiger partial charge in [-0.2, -0.15) is 0 Å². The van der Waals surface area contributed by atoms with E-state index in [4.69, 9.17) is 5.73 Å². The van der Waals surface area contributed by atoms with Crippen molar-refractivity contribution in [2.24, 2.45) is 0 Å². The first-order valence-corrected chi connectivity index (χ1v) is 7.15. The molecular formula is C17H20N2S. The molecule has 20 heavy (non-hydrogen) atoms. The number of nitrogens with two attached hydrogens (primary N) is 1. The molecule has 3 N–H and O–H groups in total. The zero-order valence-corrected chi connectivity index (χ0v) is 12.6. The molecule has 0 saturated carbocycles. The van der Waals surface area contributed by atoms with E-state index in [1.165, 1.54) is 11.1 Å². The quantitative estimate of drug-likeness (QED) is 0.576. The minimum atomic E-state index is 0.668. The predicted octanol–water partition coefficient (Wildman–Crippen LogP) is 3.88. The number of aryl methyl sites for hydroxylation is 1. The highest BCUT2D eigenvalue weighted by Crippen LogP contribution is 2.25. The Labute approximate surface area is 126 Å². The van der Waals surface area contributed by atoms with Crippen LogP contribution in [-0.2, 0) is 13.0 Å². The Bertz CT molecular complexity index is 603. The molecule has 0 bridgehead atoms. The first-order chi connectivity index (χ1) is 9.61. The van der Waals surface area contributed by atoms with Crippen LogP contribution in [-0.4, -0.2) is 0 Å². The molecule has 104 valence electrons. The number of benzene rings is 2. The van der Waals surface area contributed by atoms with Crippen molar-refractivity contribution in [2.45, 2.75) is 24.8 Å². The standard InChI is InChI=1S/C17H20N2S/c1-3-13-7-9-14(10-8-13)11-19-12(2)15-5-4-6-16(18)17(15)20/h4-10,19-20H,2-3,11,18H2,1H3. The third-order valence-electron chi connectivity index (χ3n) is 3.33. The van der Waals surface area contributed by atoms with Gasteiger partial charge in [0.05, 0.1) is 0 Å². The summed E-state index contributed by atoms with van der Waals surface area (Å²) in [6, 6.07) is 14.3. The maximum atomic E-state index is 5.85. The lowest BCUT2D eigenvalue weighted by Gasteiger charge is -2.13. The van der Waals surface area contributed by atoms with Crippen LogP contribution in [0.3, 0.4) is 0 Å². The molecule has 0 aliphatic carbocycles. The van der Waals surface area contributed by atoms with Gasteiger partial charge in [-0.05, 0) is 23.6 Å². The van der Waals surface area contributed by atoms with Crippen LogP contribution >= 0.6 is 12.6 Å². The van der Waals surface area contributed by atoms with Gasteiger partial charge in [0.2, 0.25) is 0 Å². The second-order valence-corrected chi connectivity index (χ2v) is 5.19. The van der Waals surface area contributed by atoms with Gasteiger partial charge in [-0.25, -0.2) is 0 Å². The monoisotopic (exact) mass is 284 g/mol. The van der Waals surface area contributed by atoms with Gasteiger partial charge in [0.15, 0.2) is 0 Å². The number of nitrogens with one attached hydrogen (secondary N) is 1. The topological polar surface area (TPSA) is 38.0 Å². The van der Waals surface area contributed by atoms with Crippen LogP contribution in [0.2, 0.25) is 0 Å². The molecule has 2 nitrogen and oxygen atoms in total. The first kappa shape index (κ1) is 14.5. The van der Waals surface area contributed by atoms with E-state index in [0.29, 0.717) is 5.69 Å². The number of thiol groups is 1. The van der Waals surface area contributed by atoms with Crippen LogP contribution in [0.15, 0.2) is 53.9 Å². The van der Waals surface area contributed by atoms with Crippen molar-refractivity contribution in [2.75, 3.05) is 5.73 Å². The van der Waals surface area contributed by atoms with Crippen molar-refractivity contribution in [3.63, 3.8) is 0 Å². The number of rotatable bonds is 5. The lowest BCUT2D eigenvalue weighted by atomic mass is 10.1. The fraction of sp³-hybridized carbons (Fsp3) is 0.176. The van der Waals surface area contributed by atoms with Crippen LogP contribution in [0.1, 0.15) is 23.6 Å². The summed E-state index contributed by atoms with van der Waals surface area (Å²) in [7, 11) is 0. The molecule has 0 spiro atoms. The number of hydrogen-bond donors (Lipinski definition) is 3. The van der Waals surface area contributed by atoms with E-state index in [1.807, 2.05) is 18.2 Å². The summed E-state index contributed by atoms with van der Waals surface area (Å²) < 4.78 is 0. The zero-order valence-electron chi connectivity index (χ0n) is 11.7. The third-order valence-corrected chi connectivity index (χ3v) is 3.83. The number of hydrogen-bond acceptors (Lipinski definition) is 3. The highest BCUT2D eigenvalue weighted by Gasteiger charge is 2.05. The molecule has 0 unspecified atom stereocenters. The van der Waals surface area contributed by atoms with E-state index in [1.54, 1.807) is 0 Å². The molecule has 0 radical (unpaired) electrons. The van der Waals surface area contributed by atoms with Crippen LogP contribution in [0, 0.1) is 0 Å². The molecule has 0 aliphatic heterocycles. The smallest absolute Gasteiger partial charge is 0.0456 e. The third kappa shape index (κ3) is 3.36. The summed E-state index contributed by atoms with van der Waals surface area (Å²) in [6.07, 6.45) is 1.06. The lowest BCUT2D eigenvalue weighted by Crippen LogP contribution is -2.11. The molecule has 3 heteroatoms. The van der Waals surface area contributed by atoms with Crippen LogP contribution < -0.4 is 11.1 Å². The first-order valence-electron chi connectivity index (χ1n) is 6.70. The summed E-state index contributed by atoms with van der Waals surface area (Å²) in [5, 5.41) is 3.32. The van der Waals surface area contributed by atoms with Gasteiger partial charge in [-0.1, -0.05) is 49.9 Å². The normalized spacial score (nSPS) is 10.3. The van der Waals surface area contributed by atoms with Gasteiger partial charge in [0.25, 0.3) is 0 Å². The van der Waals surface area contributed by atoms with Gasteiger partial charge in [-0.15, -0.1) is 12.6 Å². The Hall–Kier alpha value is -1.87. The molecule has 0 atom stereocenters. The van der Waals surface area contributed by atoms with E-state index in [0.717, 1.165) is 29.1 Å². The summed E-state index contributed by atoms with van der Waals surface area (Å²) in [5.74, 6) is 0. The second-order valence-electron chi connectivity index (χ2n) is 4.75. The second kappa shape index (κ2) is 6.53. The Balaban J connectivity index is 2.02. The zero-order chi connectivity index (χ0) is 14.5. The van der Waals surface area contributed by atoms with Gasteiger partial charge in [0, 0.05) is 28.4 Å². The molecule has 2 rings (SSSR count). The van der Waals surface area contributed by atoms with Crippen molar-refractivity contribution in [3.05, 3.63) is 65.7 Å². The predicted molar refractivity (Wildman–Crippen MR) is 89.8 cm³/mol. The van der Waals surface area contributed by atoms with Crippen LogP contribution in [0.5, 0.6) is 0 Å². The SMILES string of the molecule is C=C(NCc1ccc(CC)cc1)c1cccc(N)c1S. The Morgan fingerprint density at radius 2 is 1.80 bits per heavy atom. The molecule has 0 fully saturated rings. The molecule has 0 heterocycles. The van der Waals surface area contributed by atoms with Gasteiger partial charge in [-0.3, -0.25) is 0 Å². The maximum absolute atomic E-state index is 5.85. The van der Waals surface area contributed by atoms with Crippen molar-refractivity contribution in [1.82, 2.24) is 5.32 Å². The Morgan fingerprint density at radius 1 is 1.15 bits per heavy atom. The molecule has 0 amide bonds. The average molecular weight is 284 g/mol. The van der Waals surface area contributed by atoms with E-state index in [2.05, 4.69) is 55.7 Å². The van der Waals surface area contributed by atoms with Crippen LogP contribution in [0.25, 0.3) is 5.70 Å².